The quantitative estimate of drug-likeness (QED) is 0.179. The summed E-state index contributed by atoms with van der Waals surface area (Å²) in [7, 11) is 0. The van der Waals surface area contributed by atoms with Crippen LogP contribution in [0.4, 0.5) is 5.13 Å². The van der Waals surface area contributed by atoms with Crippen LogP contribution in [0.1, 0.15) is 51.9 Å². The summed E-state index contributed by atoms with van der Waals surface area (Å²) in [6.07, 6.45) is 0. The highest BCUT2D eigenvalue weighted by Crippen LogP contribution is 2.44. The van der Waals surface area contributed by atoms with Crippen LogP contribution in [-0.4, -0.2) is 41.0 Å². The maximum Gasteiger partial charge on any atom is 0.350 e. The van der Waals surface area contributed by atoms with Gasteiger partial charge in [-0.3, -0.25) is 14.5 Å². The van der Waals surface area contributed by atoms with Crippen LogP contribution in [0.3, 0.4) is 0 Å². The molecule has 1 saturated heterocycles. The number of aliphatic hydroxyl groups is 1. The molecule has 0 saturated carbocycles. The number of hydrogen-bond acceptors (Lipinski definition) is 8. The van der Waals surface area contributed by atoms with Gasteiger partial charge in [0.1, 0.15) is 16.4 Å². The van der Waals surface area contributed by atoms with Crippen molar-refractivity contribution in [2.75, 3.05) is 18.1 Å². The highest BCUT2D eigenvalue weighted by Gasteiger charge is 2.48. The van der Waals surface area contributed by atoms with Gasteiger partial charge in [0.15, 0.2) is 5.13 Å². The van der Waals surface area contributed by atoms with Gasteiger partial charge in [0, 0.05) is 10.6 Å². The first-order chi connectivity index (χ1) is 17.7. The molecular weight excluding hydrogens is 516 g/mol. The molecule has 2 heterocycles. The number of Topliss-reactive ketones (excluding diaryl/α,β-unsaturated/α-hetero) is 1. The summed E-state index contributed by atoms with van der Waals surface area (Å²) >= 11 is 7.20. The van der Waals surface area contributed by atoms with E-state index in [4.69, 9.17) is 21.1 Å². The second-order valence-electron chi connectivity index (χ2n) is 8.27. The summed E-state index contributed by atoms with van der Waals surface area (Å²) in [5.74, 6) is -2.02. The predicted octanol–water partition coefficient (Wildman–Crippen LogP) is 5.62. The third kappa shape index (κ3) is 4.97. The molecule has 8 nitrogen and oxygen atoms in total. The average Bonchev–Trinajstić information content (AvgIpc) is 3.36. The Hall–Kier alpha value is -3.69. The first-order valence-electron chi connectivity index (χ1n) is 11.6. The van der Waals surface area contributed by atoms with E-state index in [1.807, 2.05) is 6.92 Å². The fourth-order valence-corrected chi connectivity index (χ4v) is 5.38. The van der Waals surface area contributed by atoms with Gasteiger partial charge < -0.3 is 14.6 Å². The van der Waals surface area contributed by atoms with Crippen LogP contribution >= 0.6 is 22.9 Å². The zero-order valence-electron chi connectivity index (χ0n) is 20.7. The maximum atomic E-state index is 13.4. The predicted molar refractivity (Wildman–Crippen MR) is 141 cm³/mol. The van der Waals surface area contributed by atoms with Crippen molar-refractivity contribution in [2.24, 2.45) is 0 Å². The van der Waals surface area contributed by atoms with Gasteiger partial charge in [-0.05, 0) is 69.2 Å². The van der Waals surface area contributed by atoms with Gasteiger partial charge in [-0.25, -0.2) is 9.78 Å². The van der Waals surface area contributed by atoms with Crippen LogP contribution in [0.25, 0.3) is 5.76 Å². The van der Waals surface area contributed by atoms with Crippen LogP contribution in [0.15, 0.2) is 48.0 Å². The Morgan fingerprint density at radius 3 is 2.54 bits per heavy atom. The van der Waals surface area contributed by atoms with Crippen molar-refractivity contribution in [2.45, 2.75) is 33.7 Å². The van der Waals surface area contributed by atoms with Crippen LogP contribution < -0.4 is 9.64 Å². The lowest BCUT2D eigenvalue weighted by atomic mass is 9.94. The average molecular weight is 541 g/mol. The number of benzene rings is 2. The molecular formula is C27H25ClN2O6S. The van der Waals surface area contributed by atoms with E-state index < -0.39 is 23.7 Å². The first kappa shape index (κ1) is 26.4. The number of anilines is 1. The maximum absolute atomic E-state index is 13.4. The molecule has 1 N–H and O–H groups in total. The molecule has 3 aromatic rings. The molecule has 37 heavy (non-hydrogen) atoms. The molecule has 0 spiro atoms. The molecule has 1 fully saturated rings. The number of hydrogen-bond donors (Lipinski definition) is 1. The van der Waals surface area contributed by atoms with Crippen molar-refractivity contribution < 1.29 is 29.0 Å². The van der Waals surface area contributed by atoms with Gasteiger partial charge in [0.25, 0.3) is 5.78 Å². The van der Waals surface area contributed by atoms with E-state index in [1.54, 1.807) is 63.2 Å². The fraction of sp³-hybridized carbons (Fsp3) is 0.259. The molecule has 1 aliphatic heterocycles. The molecule has 10 heteroatoms. The number of ketones is 1. The Morgan fingerprint density at radius 2 is 1.89 bits per heavy atom. The van der Waals surface area contributed by atoms with Gasteiger partial charge in [-0.2, -0.15) is 0 Å². The molecule has 1 atom stereocenters. The topological polar surface area (TPSA) is 106 Å². The van der Waals surface area contributed by atoms with E-state index in [2.05, 4.69) is 4.98 Å². The first-order valence-corrected chi connectivity index (χ1v) is 12.8. The minimum Gasteiger partial charge on any atom is -0.507 e. The van der Waals surface area contributed by atoms with Gasteiger partial charge in [-0.15, -0.1) is 0 Å². The van der Waals surface area contributed by atoms with Crippen molar-refractivity contribution in [3.05, 3.63) is 80.3 Å². The molecule has 0 radical (unpaired) electrons. The summed E-state index contributed by atoms with van der Waals surface area (Å²) in [5.41, 5.74) is 1.81. The monoisotopic (exact) mass is 540 g/mol. The number of aryl methyl sites for hydroxylation is 2. The van der Waals surface area contributed by atoms with E-state index in [9.17, 15) is 19.5 Å². The summed E-state index contributed by atoms with van der Waals surface area (Å²) in [5, 5.41) is 11.9. The number of rotatable bonds is 7. The molecule has 0 aliphatic carbocycles. The molecule has 0 bridgehead atoms. The summed E-state index contributed by atoms with van der Waals surface area (Å²) < 4.78 is 10.6. The highest BCUT2D eigenvalue weighted by atomic mass is 35.5. The number of carbonyl (C=O) groups is 3. The molecule has 1 aromatic heterocycles. The molecule has 0 unspecified atom stereocenters. The zero-order chi connectivity index (χ0) is 26.9. The van der Waals surface area contributed by atoms with E-state index in [1.165, 1.54) is 4.90 Å². The summed E-state index contributed by atoms with van der Waals surface area (Å²) in [6.45, 7) is 7.61. The smallest absolute Gasteiger partial charge is 0.350 e. The van der Waals surface area contributed by atoms with E-state index >= 15 is 0 Å². The lowest BCUT2D eigenvalue weighted by Gasteiger charge is -2.23. The third-order valence-corrected chi connectivity index (χ3v) is 7.20. The zero-order valence-corrected chi connectivity index (χ0v) is 22.3. The minimum absolute atomic E-state index is 0.106. The van der Waals surface area contributed by atoms with Gasteiger partial charge in [-0.1, -0.05) is 35.1 Å². The number of amides is 1. The normalized spacial score (nSPS) is 16.8. The number of ether oxygens (including phenoxy) is 2. The number of aliphatic hydroxyl groups excluding tert-OH is 1. The Labute approximate surface area is 223 Å². The Kier molecular flexibility index (Phi) is 7.65. The van der Waals surface area contributed by atoms with Crippen molar-refractivity contribution in [1.29, 1.82) is 0 Å². The van der Waals surface area contributed by atoms with Crippen molar-refractivity contribution in [3.63, 3.8) is 0 Å². The van der Waals surface area contributed by atoms with Crippen molar-refractivity contribution in [3.8, 4) is 5.75 Å². The number of nitrogens with zero attached hydrogens (tertiary/aromatic N) is 2. The third-order valence-electron chi connectivity index (χ3n) is 5.83. The van der Waals surface area contributed by atoms with Crippen LogP contribution in [0.5, 0.6) is 5.75 Å². The second kappa shape index (κ2) is 10.7. The van der Waals surface area contributed by atoms with Gasteiger partial charge in [0.2, 0.25) is 0 Å². The number of aromatic nitrogens is 1. The van der Waals surface area contributed by atoms with Crippen LogP contribution in [0.2, 0.25) is 5.02 Å². The number of thiazole rings is 1. The summed E-state index contributed by atoms with van der Waals surface area (Å²) in [4.78, 5) is 45.0. The van der Waals surface area contributed by atoms with Gasteiger partial charge in [0.05, 0.1) is 30.5 Å². The lowest BCUT2D eigenvalue weighted by molar-refractivity contribution is -0.132. The molecule has 4 rings (SSSR count). The van der Waals surface area contributed by atoms with E-state index in [0.29, 0.717) is 39.8 Å². The van der Waals surface area contributed by atoms with Gasteiger partial charge >= 0.3 is 11.9 Å². The number of esters is 1. The highest BCUT2D eigenvalue weighted by molar-refractivity contribution is 7.17. The standard InChI is InChI=1S/C27H25ClN2O6S/c1-5-35-18-10-11-19(14(3)12-18)22(31)20-21(16-8-7-9-17(28)13-16)30(25(33)23(20)32)27-29-15(4)24(37-27)26(34)36-6-2/h7-13,21,31H,5-6H2,1-4H3/t21-/m1/s1. The fourth-order valence-electron chi connectivity index (χ4n) is 4.20. The second-order valence-corrected chi connectivity index (χ2v) is 9.68. The van der Waals surface area contributed by atoms with Crippen molar-refractivity contribution in [1.82, 2.24) is 4.98 Å². The lowest BCUT2D eigenvalue weighted by Crippen LogP contribution is -2.29. The Morgan fingerprint density at radius 1 is 1.14 bits per heavy atom. The number of halogens is 1. The number of carbonyl (C=O) groups excluding carboxylic acids is 3. The molecule has 1 aliphatic rings. The largest absolute Gasteiger partial charge is 0.507 e. The van der Waals surface area contributed by atoms with Crippen LogP contribution in [0, 0.1) is 13.8 Å². The van der Waals surface area contributed by atoms with E-state index in [-0.39, 0.29) is 27.9 Å². The Bertz CT molecular complexity index is 1430. The SMILES string of the molecule is CCOC(=O)c1sc(N2C(=O)C(=O)C(=C(O)c3ccc(OCC)cc3C)[C@H]2c2cccc(Cl)c2)nc1C. The molecule has 192 valence electrons. The summed E-state index contributed by atoms with van der Waals surface area (Å²) in [6, 6.07) is 10.7. The molecule has 1 amide bonds. The van der Waals surface area contributed by atoms with E-state index in [0.717, 1.165) is 11.3 Å². The van der Waals surface area contributed by atoms with Crippen LogP contribution in [-0.2, 0) is 14.3 Å². The van der Waals surface area contributed by atoms with Crippen molar-refractivity contribution >= 4 is 51.5 Å². The Balaban J connectivity index is 1.91. The molecule has 2 aromatic carbocycles. The minimum atomic E-state index is -1.02.